The van der Waals surface area contributed by atoms with E-state index in [0.29, 0.717) is 43.7 Å². The number of hydrogen-bond donors (Lipinski definition) is 1. The number of carbonyl (C=O) groups excluding carboxylic acids is 3. The number of amides is 3. The minimum Gasteiger partial charge on any atom is -0.485 e. The second-order valence-electron chi connectivity index (χ2n) is 8.51. The Hall–Kier alpha value is -2.57. The number of carbonyl (C=O) groups is 3. The second-order valence-corrected chi connectivity index (χ2v) is 8.51. The van der Waals surface area contributed by atoms with Crippen LogP contribution in [-0.4, -0.2) is 65.3 Å². The Morgan fingerprint density at radius 3 is 2.69 bits per heavy atom. The molecule has 0 saturated carbocycles. The van der Waals surface area contributed by atoms with Crippen LogP contribution < -0.4 is 10.1 Å². The van der Waals surface area contributed by atoms with E-state index in [4.69, 9.17) is 4.74 Å². The van der Waals surface area contributed by atoms with Crippen molar-refractivity contribution < 1.29 is 19.1 Å². The topological polar surface area (TPSA) is 79.0 Å². The van der Waals surface area contributed by atoms with Crippen LogP contribution in [-0.2, 0) is 9.59 Å². The van der Waals surface area contributed by atoms with Gasteiger partial charge in [0.2, 0.25) is 11.8 Å². The highest BCUT2D eigenvalue weighted by molar-refractivity contribution is 5.97. The molecule has 3 aliphatic heterocycles. The van der Waals surface area contributed by atoms with Crippen molar-refractivity contribution in [2.24, 2.45) is 0 Å². The van der Waals surface area contributed by atoms with Gasteiger partial charge in [-0.2, -0.15) is 0 Å². The number of rotatable bonds is 2. The Labute approximate surface area is 171 Å². The largest absolute Gasteiger partial charge is 0.485 e. The van der Waals surface area contributed by atoms with Gasteiger partial charge in [0, 0.05) is 32.5 Å². The number of benzene rings is 1. The molecule has 7 heteroatoms. The quantitative estimate of drug-likeness (QED) is 0.824. The fraction of sp³-hybridized carbons (Fsp3) is 0.591. The third-order valence-corrected chi connectivity index (χ3v) is 6.44. The average Bonchev–Trinajstić information content (AvgIpc) is 3.15. The van der Waals surface area contributed by atoms with Gasteiger partial charge in [-0.1, -0.05) is 11.6 Å². The summed E-state index contributed by atoms with van der Waals surface area (Å²) in [6.45, 7) is 6.12. The summed E-state index contributed by atoms with van der Waals surface area (Å²) in [6, 6.07) is 5.12. The summed E-state index contributed by atoms with van der Waals surface area (Å²) in [6.07, 6.45) is 3.45. The van der Waals surface area contributed by atoms with E-state index in [9.17, 15) is 14.4 Å². The van der Waals surface area contributed by atoms with Crippen molar-refractivity contribution in [2.45, 2.75) is 57.6 Å². The van der Waals surface area contributed by atoms with Crippen molar-refractivity contribution in [2.75, 3.05) is 26.2 Å². The number of nitrogens with zero attached hydrogens (tertiary/aromatic N) is 2. The van der Waals surface area contributed by atoms with E-state index in [2.05, 4.69) is 5.32 Å². The first-order valence-electron chi connectivity index (χ1n) is 10.5. The van der Waals surface area contributed by atoms with E-state index >= 15 is 0 Å². The van der Waals surface area contributed by atoms with Crippen LogP contribution in [0.4, 0.5) is 0 Å². The van der Waals surface area contributed by atoms with E-state index in [1.165, 1.54) is 0 Å². The zero-order valence-electron chi connectivity index (χ0n) is 17.2. The molecule has 4 rings (SSSR count). The van der Waals surface area contributed by atoms with Crippen molar-refractivity contribution in [3.05, 3.63) is 29.3 Å². The van der Waals surface area contributed by atoms with Gasteiger partial charge in [-0.05, 0) is 45.2 Å². The molecule has 0 aromatic heterocycles. The van der Waals surface area contributed by atoms with Crippen LogP contribution >= 0.6 is 0 Å². The minimum absolute atomic E-state index is 0.0229. The SMILES string of the molecule is Cc1ccc2c(c1)C(=O)NC[C@]1(CCC(=O)N([C@H](C)C(=O)N3CCCC3)CC1)O2. The number of fused-ring (bicyclic) bond motifs is 1. The molecule has 0 aliphatic carbocycles. The van der Waals surface area contributed by atoms with E-state index in [0.717, 1.165) is 31.5 Å². The normalized spacial score (nSPS) is 25.7. The predicted octanol–water partition coefficient (Wildman–Crippen LogP) is 1.88. The lowest BCUT2D eigenvalue weighted by Gasteiger charge is -2.33. The molecule has 0 radical (unpaired) electrons. The standard InChI is InChI=1S/C22H29N3O4/c1-15-5-6-18-17(13-15)20(27)23-14-22(29-18)8-7-19(26)25(12-9-22)16(2)21(28)24-10-3-4-11-24/h5-6,13,16H,3-4,7-12,14H2,1-2H3,(H,23,27)/t16-,22-/m1/s1. The molecule has 7 nitrogen and oxygen atoms in total. The van der Waals surface area contributed by atoms with Crippen LogP contribution in [0.15, 0.2) is 18.2 Å². The third kappa shape index (κ3) is 3.82. The molecule has 0 unspecified atom stereocenters. The monoisotopic (exact) mass is 399 g/mol. The van der Waals surface area contributed by atoms with Gasteiger partial charge < -0.3 is 19.9 Å². The van der Waals surface area contributed by atoms with Crippen LogP contribution in [0.25, 0.3) is 0 Å². The van der Waals surface area contributed by atoms with Crippen LogP contribution in [0, 0.1) is 6.92 Å². The summed E-state index contributed by atoms with van der Waals surface area (Å²) >= 11 is 0. The van der Waals surface area contributed by atoms with Gasteiger partial charge in [0.25, 0.3) is 5.91 Å². The highest BCUT2D eigenvalue weighted by Crippen LogP contribution is 2.34. The Morgan fingerprint density at radius 2 is 1.93 bits per heavy atom. The van der Waals surface area contributed by atoms with Crippen molar-refractivity contribution in [1.82, 2.24) is 15.1 Å². The summed E-state index contributed by atoms with van der Waals surface area (Å²) in [5, 5.41) is 2.97. The van der Waals surface area contributed by atoms with Crippen molar-refractivity contribution >= 4 is 17.7 Å². The average molecular weight is 399 g/mol. The van der Waals surface area contributed by atoms with Gasteiger partial charge in [-0.3, -0.25) is 14.4 Å². The Bertz CT molecular complexity index is 833. The zero-order valence-corrected chi connectivity index (χ0v) is 17.2. The van der Waals surface area contributed by atoms with Crippen molar-refractivity contribution in [1.29, 1.82) is 0 Å². The van der Waals surface area contributed by atoms with Gasteiger partial charge in [0.15, 0.2) is 0 Å². The predicted molar refractivity (Wildman–Crippen MR) is 108 cm³/mol. The van der Waals surface area contributed by atoms with Gasteiger partial charge >= 0.3 is 0 Å². The summed E-state index contributed by atoms with van der Waals surface area (Å²) in [5.74, 6) is 0.422. The molecule has 3 amide bonds. The van der Waals surface area contributed by atoms with Gasteiger partial charge in [0.05, 0.1) is 12.1 Å². The zero-order chi connectivity index (χ0) is 20.6. The number of ether oxygens (including phenoxy) is 1. The number of likely N-dealkylation sites (tertiary alicyclic amines) is 2. The Balaban J connectivity index is 1.52. The van der Waals surface area contributed by atoms with Gasteiger partial charge in [-0.25, -0.2) is 0 Å². The van der Waals surface area contributed by atoms with Crippen LogP contribution in [0.2, 0.25) is 0 Å². The fourth-order valence-corrected chi connectivity index (χ4v) is 4.59. The molecule has 1 aromatic rings. The lowest BCUT2D eigenvalue weighted by molar-refractivity contribution is -0.144. The molecule has 3 aliphatic rings. The molecule has 0 bridgehead atoms. The van der Waals surface area contributed by atoms with Crippen molar-refractivity contribution in [3.8, 4) is 5.75 Å². The van der Waals surface area contributed by atoms with Crippen molar-refractivity contribution in [3.63, 3.8) is 0 Å². The molecule has 29 heavy (non-hydrogen) atoms. The van der Waals surface area contributed by atoms with E-state index in [1.54, 1.807) is 4.90 Å². The minimum atomic E-state index is -0.642. The number of nitrogens with one attached hydrogen (secondary N) is 1. The number of aryl methyl sites for hydroxylation is 1. The fourth-order valence-electron chi connectivity index (χ4n) is 4.59. The molecule has 156 valence electrons. The molecule has 1 aromatic carbocycles. The van der Waals surface area contributed by atoms with Gasteiger partial charge in [-0.15, -0.1) is 0 Å². The maximum absolute atomic E-state index is 12.9. The van der Waals surface area contributed by atoms with Crippen LogP contribution in [0.1, 0.15) is 54.9 Å². The first-order valence-corrected chi connectivity index (χ1v) is 10.5. The summed E-state index contributed by atoms with van der Waals surface area (Å²) < 4.78 is 6.37. The summed E-state index contributed by atoms with van der Waals surface area (Å²) in [4.78, 5) is 41.7. The van der Waals surface area contributed by atoms with E-state index < -0.39 is 11.6 Å². The summed E-state index contributed by atoms with van der Waals surface area (Å²) in [7, 11) is 0. The Kier molecular flexibility index (Phi) is 5.23. The molecule has 2 fully saturated rings. The van der Waals surface area contributed by atoms with E-state index in [-0.39, 0.29) is 17.7 Å². The molecule has 1 N–H and O–H groups in total. The number of hydrogen-bond acceptors (Lipinski definition) is 4. The molecule has 1 spiro atoms. The maximum Gasteiger partial charge on any atom is 0.255 e. The second kappa shape index (κ2) is 7.69. The van der Waals surface area contributed by atoms with Gasteiger partial charge in [0.1, 0.15) is 17.4 Å². The molecular weight excluding hydrogens is 370 g/mol. The maximum atomic E-state index is 12.9. The Morgan fingerprint density at radius 1 is 1.17 bits per heavy atom. The first-order chi connectivity index (χ1) is 13.9. The van der Waals surface area contributed by atoms with Crippen LogP contribution in [0.3, 0.4) is 0 Å². The molecule has 2 atom stereocenters. The lowest BCUT2D eigenvalue weighted by Crippen LogP contribution is -2.49. The molecular formula is C22H29N3O4. The first kappa shape index (κ1) is 19.7. The van der Waals surface area contributed by atoms with Crippen LogP contribution in [0.5, 0.6) is 5.75 Å². The smallest absolute Gasteiger partial charge is 0.255 e. The highest BCUT2D eigenvalue weighted by Gasteiger charge is 2.42. The third-order valence-electron chi connectivity index (χ3n) is 6.44. The highest BCUT2D eigenvalue weighted by atomic mass is 16.5. The van der Waals surface area contributed by atoms with E-state index in [1.807, 2.05) is 36.9 Å². The lowest BCUT2D eigenvalue weighted by atomic mass is 9.94. The summed E-state index contributed by atoms with van der Waals surface area (Å²) in [5.41, 5.74) is 0.888. The molecule has 2 saturated heterocycles. The molecule has 3 heterocycles.